The molecule has 5 nitrogen and oxygen atoms in total. The highest BCUT2D eigenvalue weighted by atomic mass is 32.2. The quantitative estimate of drug-likeness (QED) is 0.646. The van der Waals surface area contributed by atoms with E-state index in [2.05, 4.69) is 31.9 Å². The molecular weight excluding hydrogens is 334 g/mol. The molecule has 0 saturated carbocycles. The van der Waals surface area contributed by atoms with Crippen LogP contribution in [-0.2, 0) is 4.79 Å². The average Bonchev–Trinajstić information content (AvgIpc) is 2.74. The average molecular weight is 370 g/mol. The van der Waals surface area contributed by atoms with E-state index >= 15 is 0 Å². The fraction of sp³-hybridized carbons (Fsp3) is 0.895. The Labute approximate surface area is 157 Å². The molecule has 0 radical (unpaired) electrons. The zero-order valence-corrected chi connectivity index (χ0v) is 17.6. The predicted molar refractivity (Wildman–Crippen MR) is 105 cm³/mol. The zero-order valence-electron chi connectivity index (χ0n) is 16.7. The molecule has 6 heteroatoms. The summed E-state index contributed by atoms with van der Waals surface area (Å²) in [6.45, 7) is 12.9. The van der Waals surface area contributed by atoms with Gasteiger partial charge in [0.05, 0.1) is 0 Å². The SMILES string of the molecule is CSC[C@H](C)N1CCC2(CC1)C(=O)N(C(C)C)C(=O)N2CCC(C)C. The number of hydrogen-bond acceptors (Lipinski definition) is 4. The number of thioether (sulfide) groups is 1. The van der Waals surface area contributed by atoms with Crippen LogP contribution in [0.2, 0.25) is 0 Å². The van der Waals surface area contributed by atoms with Gasteiger partial charge in [0.25, 0.3) is 5.91 Å². The molecule has 2 aliphatic rings. The number of rotatable bonds is 7. The van der Waals surface area contributed by atoms with Crippen molar-refractivity contribution in [1.29, 1.82) is 0 Å². The number of piperidine rings is 1. The molecule has 0 N–H and O–H groups in total. The largest absolute Gasteiger partial charge is 0.327 e. The lowest BCUT2D eigenvalue weighted by Gasteiger charge is -2.44. The van der Waals surface area contributed by atoms with Gasteiger partial charge in [-0.25, -0.2) is 4.79 Å². The van der Waals surface area contributed by atoms with Crippen LogP contribution in [0.5, 0.6) is 0 Å². The first-order chi connectivity index (χ1) is 11.7. The Morgan fingerprint density at radius 3 is 2.16 bits per heavy atom. The molecule has 144 valence electrons. The lowest BCUT2D eigenvalue weighted by Crippen LogP contribution is -2.58. The highest BCUT2D eigenvalue weighted by molar-refractivity contribution is 7.98. The molecule has 0 unspecified atom stereocenters. The van der Waals surface area contributed by atoms with E-state index in [0.29, 0.717) is 18.5 Å². The number of urea groups is 1. The van der Waals surface area contributed by atoms with Crippen molar-refractivity contribution in [2.45, 2.75) is 71.5 Å². The maximum Gasteiger partial charge on any atom is 0.327 e. The minimum atomic E-state index is -0.605. The van der Waals surface area contributed by atoms with Crippen molar-refractivity contribution in [2.75, 3.05) is 31.6 Å². The van der Waals surface area contributed by atoms with E-state index in [9.17, 15) is 9.59 Å². The Balaban J connectivity index is 2.20. The van der Waals surface area contributed by atoms with E-state index in [4.69, 9.17) is 0 Å². The Bertz CT molecular complexity index is 487. The van der Waals surface area contributed by atoms with Crippen molar-refractivity contribution in [3.63, 3.8) is 0 Å². The number of likely N-dealkylation sites (tertiary alicyclic amines) is 1. The summed E-state index contributed by atoms with van der Waals surface area (Å²) in [5.41, 5.74) is -0.605. The molecule has 3 amide bonds. The topological polar surface area (TPSA) is 43.9 Å². The standard InChI is InChI=1S/C19H35N3O2S/c1-14(2)7-10-21-18(24)22(15(3)4)17(23)19(21)8-11-20(12-9-19)16(5)13-25-6/h14-16H,7-13H2,1-6H3/t16-/m0/s1. The normalized spacial score (nSPS) is 22.7. The van der Waals surface area contributed by atoms with Crippen LogP contribution < -0.4 is 0 Å². The fourth-order valence-corrected chi connectivity index (χ4v) is 4.75. The van der Waals surface area contributed by atoms with Crippen molar-refractivity contribution in [2.24, 2.45) is 5.92 Å². The molecule has 1 atom stereocenters. The molecule has 2 fully saturated rings. The van der Waals surface area contributed by atoms with Crippen LogP contribution in [0.15, 0.2) is 0 Å². The summed E-state index contributed by atoms with van der Waals surface area (Å²) >= 11 is 1.86. The fourth-order valence-electron chi connectivity index (χ4n) is 4.06. The number of amides is 3. The Kier molecular flexibility index (Phi) is 6.82. The van der Waals surface area contributed by atoms with Crippen molar-refractivity contribution in [3.8, 4) is 0 Å². The second kappa shape index (κ2) is 8.30. The summed E-state index contributed by atoms with van der Waals surface area (Å²) in [5, 5.41) is 0. The molecule has 2 rings (SSSR count). The van der Waals surface area contributed by atoms with Gasteiger partial charge in [-0.1, -0.05) is 13.8 Å². The lowest BCUT2D eigenvalue weighted by molar-refractivity contribution is -0.137. The Hall–Kier alpha value is -0.750. The number of hydrogen-bond donors (Lipinski definition) is 0. The molecule has 0 aliphatic carbocycles. The molecule has 0 bridgehead atoms. The van der Waals surface area contributed by atoms with Gasteiger partial charge in [-0.05, 0) is 52.2 Å². The van der Waals surface area contributed by atoms with Crippen LogP contribution >= 0.6 is 11.8 Å². The second-order valence-corrected chi connectivity index (χ2v) is 9.17. The van der Waals surface area contributed by atoms with Crippen LogP contribution in [0.1, 0.15) is 53.9 Å². The van der Waals surface area contributed by atoms with E-state index in [0.717, 1.165) is 38.1 Å². The Morgan fingerprint density at radius 2 is 1.68 bits per heavy atom. The van der Waals surface area contributed by atoms with Crippen LogP contribution in [-0.4, -0.2) is 75.9 Å². The van der Waals surface area contributed by atoms with Crippen molar-refractivity contribution in [3.05, 3.63) is 0 Å². The predicted octanol–water partition coefficient (Wildman–Crippen LogP) is 3.29. The number of carbonyl (C=O) groups excluding carboxylic acids is 2. The van der Waals surface area contributed by atoms with Crippen LogP contribution in [0.4, 0.5) is 4.79 Å². The maximum absolute atomic E-state index is 13.2. The van der Waals surface area contributed by atoms with E-state index in [1.165, 1.54) is 4.90 Å². The van der Waals surface area contributed by atoms with Gasteiger partial charge in [0.15, 0.2) is 0 Å². The van der Waals surface area contributed by atoms with Crippen LogP contribution in [0, 0.1) is 5.92 Å². The molecule has 2 aliphatic heterocycles. The van der Waals surface area contributed by atoms with Gasteiger partial charge in [0.1, 0.15) is 5.54 Å². The van der Waals surface area contributed by atoms with Gasteiger partial charge in [0.2, 0.25) is 0 Å². The molecule has 1 spiro atoms. The summed E-state index contributed by atoms with van der Waals surface area (Å²) in [4.78, 5) is 32.1. The first-order valence-corrected chi connectivity index (χ1v) is 11.0. The highest BCUT2D eigenvalue weighted by Crippen LogP contribution is 2.39. The van der Waals surface area contributed by atoms with E-state index in [1.807, 2.05) is 30.5 Å². The van der Waals surface area contributed by atoms with Crippen molar-refractivity contribution >= 4 is 23.7 Å². The number of imide groups is 1. The van der Waals surface area contributed by atoms with Crippen molar-refractivity contribution < 1.29 is 9.59 Å². The van der Waals surface area contributed by atoms with Gasteiger partial charge in [0, 0.05) is 37.5 Å². The molecule has 0 aromatic heterocycles. The maximum atomic E-state index is 13.2. The van der Waals surface area contributed by atoms with Crippen LogP contribution in [0.25, 0.3) is 0 Å². The monoisotopic (exact) mass is 369 g/mol. The van der Waals surface area contributed by atoms with E-state index < -0.39 is 5.54 Å². The number of carbonyl (C=O) groups is 2. The smallest absolute Gasteiger partial charge is 0.309 e. The summed E-state index contributed by atoms with van der Waals surface area (Å²) in [5.74, 6) is 1.66. The van der Waals surface area contributed by atoms with Crippen molar-refractivity contribution in [1.82, 2.24) is 14.7 Å². The van der Waals surface area contributed by atoms with Gasteiger partial charge >= 0.3 is 6.03 Å². The first kappa shape index (κ1) is 20.6. The lowest BCUT2D eigenvalue weighted by atomic mass is 9.85. The number of nitrogens with zero attached hydrogens (tertiary/aromatic N) is 3. The molecule has 0 aromatic rings. The third-order valence-corrected chi connectivity index (χ3v) is 6.49. The summed E-state index contributed by atoms with van der Waals surface area (Å²) in [6.07, 6.45) is 4.60. The Morgan fingerprint density at radius 1 is 1.08 bits per heavy atom. The third kappa shape index (κ3) is 4.00. The molecule has 0 aromatic carbocycles. The molecular formula is C19H35N3O2S. The van der Waals surface area contributed by atoms with E-state index in [1.54, 1.807) is 0 Å². The summed E-state index contributed by atoms with van der Waals surface area (Å²) < 4.78 is 0. The molecule has 25 heavy (non-hydrogen) atoms. The minimum absolute atomic E-state index is 0.0356. The molecule has 2 heterocycles. The molecule has 2 saturated heterocycles. The summed E-state index contributed by atoms with van der Waals surface area (Å²) in [6, 6.07) is 0.366. The van der Waals surface area contributed by atoms with Gasteiger partial charge in [-0.15, -0.1) is 0 Å². The van der Waals surface area contributed by atoms with Crippen LogP contribution in [0.3, 0.4) is 0 Å². The van der Waals surface area contributed by atoms with E-state index in [-0.39, 0.29) is 18.0 Å². The van der Waals surface area contributed by atoms with Gasteiger partial charge < -0.3 is 4.90 Å². The minimum Gasteiger partial charge on any atom is -0.309 e. The summed E-state index contributed by atoms with van der Waals surface area (Å²) in [7, 11) is 0. The van der Waals surface area contributed by atoms with Gasteiger partial charge in [-0.3, -0.25) is 14.6 Å². The third-order valence-electron chi connectivity index (χ3n) is 5.67. The zero-order chi connectivity index (χ0) is 18.8. The first-order valence-electron chi connectivity index (χ1n) is 9.63. The highest BCUT2D eigenvalue weighted by Gasteiger charge is 2.58. The second-order valence-electron chi connectivity index (χ2n) is 8.26. The van der Waals surface area contributed by atoms with Gasteiger partial charge in [-0.2, -0.15) is 11.8 Å².